The van der Waals surface area contributed by atoms with Gasteiger partial charge in [-0.05, 0) is 44.7 Å². The van der Waals surface area contributed by atoms with Crippen molar-refractivity contribution in [3.05, 3.63) is 29.1 Å². The van der Waals surface area contributed by atoms with E-state index in [1.165, 1.54) is 12.1 Å². The van der Waals surface area contributed by atoms with Crippen molar-refractivity contribution < 1.29 is 19.4 Å². The summed E-state index contributed by atoms with van der Waals surface area (Å²) in [6.45, 7) is 2.37. The summed E-state index contributed by atoms with van der Waals surface area (Å²) in [4.78, 5) is 27.5. The average Bonchev–Trinajstić information content (AvgIpc) is 2.96. The Morgan fingerprint density at radius 2 is 2.14 bits per heavy atom. The molecule has 1 saturated carbocycles. The first-order valence-electron chi connectivity index (χ1n) is 7.69. The molecule has 1 saturated heterocycles. The van der Waals surface area contributed by atoms with Crippen LogP contribution in [0.1, 0.15) is 52.2 Å². The highest BCUT2D eigenvalue weighted by Crippen LogP contribution is 2.34. The van der Waals surface area contributed by atoms with Crippen LogP contribution in [0.5, 0.6) is 0 Å². The van der Waals surface area contributed by atoms with Crippen molar-refractivity contribution in [1.82, 2.24) is 10.3 Å². The summed E-state index contributed by atoms with van der Waals surface area (Å²) in [5.41, 5.74) is 0.743. The van der Waals surface area contributed by atoms with Gasteiger partial charge in [-0.2, -0.15) is 0 Å². The summed E-state index contributed by atoms with van der Waals surface area (Å²) in [7, 11) is 0. The number of nitrogens with one attached hydrogen (secondary N) is 1. The Balaban J connectivity index is 1.71. The van der Waals surface area contributed by atoms with Gasteiger partial charge in [0.25, 0.3) is 5.91 Å². The monoisotopic (exact) mass is 304 g/mol. The first kappa shape index (κ1) is 15.0. The van der Waals surface area contributed by atoms with Gasteiger partial charge in [-0.3, -0.25) is 4.79 Å². The van der Waals surface area contributed by atoms with Crippen molar-refractivity contribution in [3.63, 3.8) is 0 Å². The quantitative estimate of drug-likeness (QED) is 0.888. The molecule has 118 valence electrons. The number of fused-ring (bicyclic) bond motifs is 1. The van der Waals surface area contributed by atoms with Crippen molar-refractivity contribution in [2.24, 2.45) is 5.92 Å². The zero-order valence-corrected chi connectivity index (χ0v) is 12.5. The second-order valence-electron chi connectivity index (χ2n) is 6.01. The maximum Gasteiger partial charge on any atom is 0.337 e. The smallest absolute Gasteiger partial charge is 0.337 e. The molecule has 6 nitrogen and oxygen atoms in total. The minimum absolute atomic E-state index is 0.120. The topological polar surface area (TPSA) is 88.5 Å². The Kier molecular flexibility index (Phi) is 4.11. The first-order valence-corrected chi connectivity index (χ1v) is 7.69. The molecule has 2 aliphatic rings. The van der Waals surface area contributed by atoms with Gasteiger partial charge < -0.3 is 15.2 Å². The van der Waals surface area contributed by atoms with E-state index in [0.29, 0.717) is 11.6 Å². The van der Waals surface area contributed by atoms with E-state index in [4.69, 9.17) is 9.84 Å². The average molecular weight is 304 g/mol. The second kappa shape index (κ2) is 6.04. The van der Waals surface area contributed by atoms with E-state index in [-0.39, 0.29) is 29.3 Å². The SMILES string of the molecule is Cc1nc(C(=O)NC2CCCC3OCCC23)ccc1C(=O)O. The van der Waals surface area contributed by atoms with Crippen LogP contribution in [0.25, 0.3) is 0 Å². The predicted octanol–water partition coefficient (Wildman–Crippen LogP) is 1.78. The summed E-state index contributed by atoms with van der Waals surface area (Å²) in [6, 6.07) is 3.02. The van der Waals surface area contributed by atoms with Gasteiger partial charge in [0, 0.05) is 18.6 Å². The summed E-state index contributed by atoms with van der Waals surface area (Å²) in [6.07, 6.45) is 4.34. The highest BCUT2D eigenvalue weighted by molar-refractivity contribution is 5.94. The standard InChI is InChI=1S/C16H20N2O4/c1-9-10(16(20)21)5-6-13(17-9)15(19)18-12-3-2-4-14-11(12)7-8-22-14/h5-6,11-12,14H,2-4,7-8H2,1H3,(H,18,19)(H,20,21). The van der Waals surface area contributed by atoms with E-state index in [0.717, 1.165) is 32.3 Å². The number of hydrogen-bond donors (Lipinski definition) is 2. The largest absolute Gasteiger partial charge is 0.478 e. The van der Waals surface area contributed by atoms with Crippen LogP contribution in [0.3, 0.4) is 0 Å². The third-order valence-corrected chi connectivity index (χ3v) is 4.65. The molecular formula is C16H20N2O4. The molecule has 0 radical (unpaired) electrons. The molecule has 3 rings (SSSR count). The number of nitrogens with zero attached hydrogens (tertiary/aromatic N) is 1. The van der Waals surface area contributed by atoms with Gasteiger partial charge >= 0.3 is 5.97 Å². The molecule has 1 aromatic rings. The fraction of sp³-hybridized carbons (Fsp3) is 0.562. The van der Waals surface area contributed by atoms with E-state index >= 15 is 0 Å². The highest BCUT2D eigenvalue weighted by atomic mass is 16.5. The third-order valence-electron chi connectivity index (χ3n) is 4.65. The Morgan fingerprint density at radius 1 is 1.32 bits per heavy atom. The number of rotatable bonds is 3. The molecule has 1 aromatic heterocycles. The van der Waals surface area contributed by atoms with Crippen LogP contribution < -0.4 is 5.32 Å². The number of carbonyl (C=O) groups is 2. The molecule has 1 aliphatic carbocycles. The van der Waals surface area contributed by atoms with E-state index < -0.39 is 5.97 Å². The van der Waals surface area contributed by atoms with Crippen molar-refractivity contribution >= 4 is 11.9 Å². The Hall–Kier alpha value is -1.95. The molecule has 0 aromatic carbocycles. The van der Waals surface area contributed by atoms with Gasteiger partial charge in [0.15, 0.2) is 0 Å². The zero-order chi connectivity index (χ0) is 15.7. The number of ether oxygens (including phenoxy) is 1. The lowest BCUT2D eigenvalue weighted by Crippen LogP contribution is -2.45. The van der Waals surface area contributed by atoms with Crippen LogP contribution in [0.15, 0.2) is 12.1 Å². The van der Waals surface area contributed by atoms with Crippen molar-refractivity contribution in [2.45, 2.75) is 44.8 Å². The molecule has 3 unspecified atom stereocenters. The number of aromatic carboxylic acids is 1. The Bertz CT molecular complexity index is 602. The molecule has 0 spiro atoms. The molecule has 1 amide bonds. The zero-order valence-electron chi connectivity index (χ0n) is 12.5. The van der Waals surface area contributed by atoms with Crippen molar-refractivity contribution in [1.29, 1.82) is 0 Å². The lowest BCUT2D eigenvalue weighted by Gasteiger charge is -2.33. The number of hydrogen-bond acceptors (Lipinski definition) is 4. The first-order chi connectivity index (χ1) is 10.6. The van der Waals surface area contributed by atoms with Gasteiger partial charge in [0.2, 0.25) is 0 Å². The number of amides is 1. The molecular weight excluding hydrogens is 284 g/mol. The number of carboxylic acids is 1. The van der Waals surface area contributed by atoms with E-state index in [1.54, 1.807) is 6.92 Å². The van der Waals surface area contributed by atoms with E-state index in [2.05, 4.69) is 10.3 Å². The summed E-state index contributed by atoms with van der Waals surface area (Å²) in [5.74, 6) is -0.884. The predicted molar refractivity (Wildman–Crippen MR) is 78.9 cm³/mol. The van der Waals surface area contributed by atoms with Crippen LogP contribution in [-0.2, 0) is 4.74 Å². The van der Waals surface area contributed by atoms with Gasteiger partial charge in [0.1, 0.15) is 5.69 Å². The second-order valence-corrected chi connectivity index (χ2v) is 6.01. The number of aromatic nitrogens is 1. The van der Waals surface area contributed by atoms with Crippen LogP contribution in [0.4, 0.5) is 0 Å². The minimum Gasteiger partial charge on any atom is -0.478 e. The fourth-order valence-corrected chi connectivity index (χ4v) is 3.51. The van der Waals surface area contributed by atoms with Crippen molar-refractivity contribution in [2.75, 3.05) is 6.61 Å². The number of pyridine rings is 1. The number of aryl methyl sites for hydroxylation is 1. The molecule has 22 heavy (non-hydrogen) atoms. The Morgan fingerprint density at radius 3 is 2.86 bits per heavy atom. The summed E-state index contributed by atoms with van der Waals surface area (Å²) < 4.78 is 5.70. The number of carboxylic acid groups (broad SMARTS) is 1. The normalized spacial score (nSPS) is 27.2. The van der Waals surface area contributed by atoms with Gasteiger partial charge in [0.05, 0.1) is 17.4 Å². The highest BCUT2D eigenvalue weighted by Gasteiger charge is 2.38. The van der Waals surface area contributed by atoms with Gasteiger partial charge in [-0.15, -0.1) is 0 Å². The lowest BCUT2D eigenvalue weighted by molar-refractivity contribution is 0.0509. The molecule has 2 fully saturated rings. The van der Waals surface area contributed by atoms with Crippen LogP contribution in [0, 0.1) is 12.8 Å². The molecule has 6 heteroatoms. The minimum atomic E-state index is -1.03. The fourth-order valence-electron chi connectivity index (χ4n) is 3.51. The molecule has 1 aliphatic heterocycles. The van der Waals surface area contributed by atoms with Gasteiger partial charge in [-0.1, -0.05) is 0 Å². The summed E-state index contributed by atoms with van der Waals surface area (Å²) in [5, 5.41) is 12.1. The number of carbonyl (C=O) groups excluding carboxylic acids is 1. The van der Waals surface area contributed by atoms with E-state index in [9.17, 15) is 9.59 Å². The molecule has 2 heterocycles. The molecule has 3 atom stereocenters. The van der Waals surface area contributed by atoms with Crippen molar-refractivity contribution in [3.8, 4) is 0 Å². The molecule has 0 bridgehead atoms. The van der Waals surface area contributed by atoms with Crippen LogP contribution in [0.2, 0.25) is 0 Å². The third kappa shape index (κ3) is 2.83. The lowest BCUT2D eigenvalue weighted by atomic mass is 9.82. The van der Waals surface area contributed by atoms with E-state index in [1.807, 2.05) is 0 Å². The molecule has 2 N–H and O–H groups in total. The Labute approximate surface area is 128 Å². The van der Waals surface area contributed by atoms with Crippen LogP contribution >= 0.6 is 0 Å². The van der Waals surface area contributed by atoms with Crippen LogP contribution in [-0.4, -0.2) is 40.7 Å². The maximum atomic E-state index is 12.4. The summed E-state index contributed by atoms with van der Waals surface area (Å²) >= 11 is 0. The van der Waals surface area contributed by atoms with Gasteiger partial charge in [-0.25, -0.2) is 9.78 Å². The maximum absolute atomic E-state index is 12.4.